The molecule has 0 amide bonds. The summed E-state index contributed by atoms with van der Waals surface area (Å²) in [5, 5.41) is 0. The van der Waals surface area contributed by atoms with E-state index in [-0.39, 0.29) is 0 Å². The Hall–Kier alpha value is -0.460. The lowest BCUT2D eigenvalue weighted by atomic mass is 10.1. The Morgan fingerprint density at radius 3 is 1.88 bits per heavy atom. The van der Waals surface area contributed by atoms with Crippen LogP contribution in [0.5, 0.6) is 0 Å². The van der Waals surface area contributed by atoms with Crippen molar-refractivity contribution in [1.82, 2.24) is 4.90 Å². The Labute approximate surface area is 103 Å². The summed E-state index contributed by atoms with van der Waals surface area (Å²) < 4.78 is 0. The van der Waals surface area contributed by atoms with Crippen LogP contribution in [0.25, 0.3) is 0 Å². The first kappa shape index (κ1) is 15.5. The molecule has 0 aromatic carbocycles. The molecule has 0 fully saturated rings. The Balaban J connectivity index is 3.19. The summed E-state index contributed by atoms with van der Waals surface area (Å²) in [5.74, 6) is 0. The van der Waals surface area contributed by atoms with Gasteiger partial charge in [-0.25, -0.2) is 0 Å². The van der Waals surface area contributed by atoms with Gasteiger partial charge in [-0.15, -0.1) is 0 Å². The van der Waals surface area contributed by atoms with Crippen LogP contribution in [0.2, 0.25) is 0 Å². The molecule has 96 valence electrons. The molecule has 16 heavy (non-hydrogen) atoms. The van der Waals surface area contributed by atoms with Crippen LogP contribution in [0.15, 0.2) is 12.3 Å². The summed E-state index contributed by atoms with van der Waals surface area (Å²) in [6, 6.07) is 0. The van der Waals surface area contributed by atoms with Gasteiger partial charge in [0.05, 0.1) is 0 Å². The molecule has 0 saturated heterocycles. The fraction of sp³-hybridized carbons (Fsp3) is 0.867. The smallest absolute Gasteiger partial charge is 0.0143 e. The summed E-state index contributed by atoms with van der Waals surface area (Å²) in [6.45, 7) is 8.95. The lowest BCUT2D eigenvalue weighted by Gasteiger charge is -2.14. The van der Waals surface area contributed by atoms with E-state index in [9.17, 15) is 0 Å². The van der Waals surface area contributed by atoms with Gasteiger partial charge in [0.2, 0.25) is 0 Å². The van der Waals surface area contributed by atoms with E-state index >= 15 is 0 Å². The zero-order valence-electron chi connectivity index (χ0n) is 11.7. The van der Waals surface area contributed by atoms with E-state index in [1.165, 1.54) is 51.4 Å². The predicted octanol–water partition coefficient (Wildman–Crippen LogP) is 4.98. The van der Waals surface area contributed by atoms with Crippen LogP contribution in [0.4, 0.5) is 0 Å². The second kappa shape index (κ2) is 12.6. The zero-order chi connectivity index (χ0) is 12.1. The van der Waals surface area contributed by atoms with E-state index in [4.69, 9.17) is 0 Å². The highest BCUT2D eigenvalue weighted by Gasteiger charge is 1.91. The number of rotatable bonds is 11. The first-order valence-corrected chi connectivity index (χ1v) is 7.25. The normalized spacial score (nSPS) is 11.2. The van der Waals surface area contributed by atoms with Crippen molar-refractivity contribution in [3.05, 3.63) is 12.3 Å². The molecule has 0 aliphatic carbocycles. The highest BCUT2D eigenvalue weighted by atomic mass is 15.1. The van der Waals surface area contributed by atoms with Crippen molar-refractivity contribution < 1.29 is 0 Å². The topological polar surface area (TPSA) is 3.24 Å². The minimum atomic E-state index is 1.13. The molecule has 0 N–H and O–H groups in total. The summed E-state index contributed by atoms with van der Waals surface area (Å²) in [4.78, 5) is 2.35. The van der Waals surface area contributed by atoms with Gasteiger partial charge in [0.1, 0.15) is 0 Å². The fourth-order valence-corrected chi connectivity index (χ4v) is 1.88. The van der Waals surface area contributed by atoms with Crippen molar-refractivity contribution in [2.75, 3.05) is 13.1 Å². The van der Waals surface area contributed by atoms with Crippen molar-refractivity contribution in [3.63, 3.8) is 0 Å². The highest BCUT2D eigenvalue weighted by Crippen LogP contribution is 2.08. The zero-order valence-corrected chi connectivity index (χ0v) is 11.7. The Morgan fingerprint density at radius 2 is 1.31 bits per heavy atom. The minimum Gasteiger partial charge on any atom is -0.378 e. The molecular weight excluding hydrogens is 194 g/mol. The first-order chi connectivity index (χ1) is 7.85. The maximum Gasteiger partial charge on any atom is 0.0143 e. The number of hydrogen-bond acceptors (Lipinski definition) is 1. The van der Waals surface area contributed by atoms with Crippen LogP contribution in [0.3, 0.4) is 0 Å². The van der Waals surface area contributed by atoms with Gasteiger partial charge < -0.3 is 4.90 Å². The van der Waals surface area contributed by atoms with Crippen molar-refractivity contribution in [1.29, 1.82) is 0 Å². The van der Waals surface area contributed by atoms with Crippen LogP contribution in [0, 0.1) is 0 Å². The molecule has 0 bridgehead atoms. The predicted molar refractivity (Wildman–Crippen MR) is 74.7 cm³/mol. The molecule has 0 aliphatic heterocycles. The molecule has 0 rings (SSSR count). The van der Waals surface area contributed by atoms with E-state index in [0.29, 0.717) is 0 Å². The van der Waals surface area contributed by atoms with Crippen molar-refractivity contribution in [2.45, 2.75) is 72.1 Å². The molecule has 1 nitrogen and oxygen atoms in total. The molecule has 1 heteroatoms. The third kappa shape index (κ3) is 10.1. The SMILES string of the molecule is CCCCCCCCCC=CN(CC)CC. The average Bonchev–Trinajstić information content (AvgIpc) is 2.32. The molecule has 0 aromatic rings. The number of unbranched alkanes of at least 4 members (excludes halogenated alkanes) is 7. The standard InChI is InChI=1S/C15H31N/c1-4-7-8-9-10-11-12-13-14-15-16(5-2)6-3/h14-15H,4-13H2,1-3H3. The van der Waals surface area contributed by atoms with Crippen molar-refractivity contribution in [2.24, 2.45) is 0 Å². The Bertz CT molecular complexity index is 148. The molecule has 0 aliphatic rings. The molecule has 0 unspecified atom stereocenters. The lowest BCUT2D eigenvalue weighted by Crippen LogP contribution is -2.14. The molecule has 0 heterocycles. The summed E-state index contributed by atoms with van der Waals surface area (Å²) >= 11 is 0. The van der Waals surface area contributed by atoms with E-state index in [0.717, 1.165) is 13.1 Å². The molecule has 0 aromatic heterocycles. The Morgan fingerprint density at radius 1 is 0.750 bits per heavy atom. The van der Waals surface area contributed by atoms with Crippen molar-refractivity contribution in [3.8, 4) is 0 Å². The quantitative estimate of drug-likeness (QED) is 0.448. The van der Waals surface area contributed by atoms with Gasteiger partial charge in [0, 0.05) is 13.1 Å². The van der Waals surface area contributed by atoms with Gasteiger partial charge in [-0.1, -0.05) is 51.5 Å². The largest absolute Gasteiger partial charge is 0.378 e. The van der Waals surface area contributed by atoms with E-state index in [2.05, 4.69) is 37.9 Å². The van der Waals surface area contributed by atoms with E-state index in [1.54, 1.807) is 0 Å². The molecule has 0 spiro atoms. The Kier molecular flexibility index (Phi) is 12.2. The van der Waals surface area contributed by atoms with Crippen molar-refractivity contribution >= 4 is 0 Å². The van der Waals surface area contributed by atoms with Crippen LogP contribution in [0.1, 0.15) is 72.1 Å². The highest BCUT2D eigenvalue weighted by molar-refractivity contribution is 4.81. The van der Waals surface area contributed by atoms with E-state index in [1.807, 2.05) is 0 Å². The molecule has 0 atom stereocenters. The van der Waals surface area contributed by atoms with Gasteiger partial charge in [0.25, 0.3) is 0 Å². The monoisotopic (exact) mass is 225 g/mol. The molecule has 0 radical (unpaired) electrons. The molecular formula is C15H31N. The third-order valence-electron chi connectivity index (χ3n) is 3.10. The maximum atomic E-state index is 2.35. The summed E-state index contributed by atoms with van der Waals surface area (Å²) in [6.07, 6.45) is 15.7. The third-order valence-corrected chi connectivity index (χ3v) is 3.10. The fourth-order valence-electron chi connectivity index (χ4n) is 1.88. The van der Waals surface area contributed by atoms with Crippen LogP contribution in [-0.4, -0.2) is 18.0 Å². The number of hydrogen-bond donors (Lipinski definition) is 0. The second-order valence-corrected chi connectivity index (χ2v) is 4.52. The van der Waals surface area contributed by atoms with E-state index < -0.39 is 0 Å². The first-order valence-electron chi connectivity index (χ1n) is 7.25. The van der Waals surface area contributed by atoms with Crippen LogP contribution < -0.4 is 0 Å². The number of nitrogens with zero attached hydrogens (tertiary/aromatic N) is 1. The lowest BCUT2D eigenvalue weighted by molar-refractivity contribution is 0.417. The van der Waals surface area contributed by atoms with Gasteiger partial charge in [-0.05, 0) is 32.9 Å². The van der Waals surface area contributed by atoms with Crippen LogP contribution >= 0.6 is 0 Å². The van der Waals surface area contributed by atoms with Gasteiger partial charge in [-0.2, -0.15) is 0 Å². The summed E-state index contributed by atoms with van der Waals surface area (Å²) in [5.41, 5.74) is 0. The van der Waals surface area contributed by atoms with Gasteiger partial charge in [-0.3, -0.25) is 0 Å². The average molecular weight is 225 g/mol. The van der Waals surface area contributed by atoms with Gasteiger partial charge >= 0.3 is 0 Å². The maximum absolute atomic E-state index is 2.35. The van der Waals surface area contributed by atoms with Crippen LogP contribution in [-0.2, 0) is 0 Å². The minimum absolute atomic E-state index is 1.13. The summed E-state index contributed by atoms with van der Waals surface area (Å²) in [7, 11) is 0. The van der Waals surface area contributed by atoms with Gasteiger partial charge in [0.15, 0.2) is 0 Å². The second-order valence-electron chi connectivity index (χ2n) is 4.52. The number of allylic oxidation sites excluding steroid dienone is 1. The molecule has 0 saturated carbocycles.